The molecule has 0 aliphatic carbocycles. The van der Waals surface area contributed by atoms with Gasteiger partial charge < -0.3 is 9.84 Å². The normalized spacial score (nSPS) is 10.5. The molecular formula is C21H17ClO3. The largest absolute Gasteiger partial charge is 0.489 e. The Kier molecular flexibility index (Phi) is 5.05. The van der Waals surface area contributed by atoms with E-state index in [9.17, 15) is 9.90 Å². The van der Waals surface area contributed by atoms with Crippen LogP contribution in [0.3, 0.4) is 0 Å². The zero-order valence-corrected chi connectivity index (χ0v) is 14.5. The molecule has 0 aromatic heterocycles. The molecule has 0 amide bonds. The standard InChI is InChI=1S/C21H17ClO3/c1-14-9-18(22)7-8-20(14)16-10-17(21(23)24)12-19(11-16)25-13-15-5-3-2-4-6-15/h2-12H,13H2,1H3,(H,23,24). The van der Waals surface area contributed by atoms with Gasteiger partial charge in [0.05, 0.1) is 5.56 Å². The van der Waals surface area contributed by atoms with Gasteiger partial charge in [0, 0.05) is 5.02 Å². The quantitative estimate of drug-likeness (QED) is 0.650. The first-order valence-corrected chi connectivity index (χ1v) is 8.22. The zero-order valence-electron chi connectivity index (χ0n) is 13.7. The van der Waals surface area contributed by atoms with Crippen molar-refractivity contribution >= 4 is 17.6 Å². The number of benzene rings is 3. The molecule has 0 saturated carbocycles. The summed E-state index contributed by atoms with van der Waals surface area (Å²) in [5.74, 6) is -0.467. The average Bonchev–Trinajstić information content (AvgIpc) is 2.60. The molecule has 126 valence electrons. The summed E-state index contributed by atoms with van der Waals surface area (Å²) in [4.78, 5) is 11.5. The van der Waals surface area contributed by atoms with E-state index in [0.717, 1.165) is 22.3 Å². The van der Waals surface area contributed by atoms with Crippen LogP contribution >= 0.6 is 11.6 Å². The summed E-state index contributed by atoms with van der Waals surface area (Å²) in [6.07, 6.45) is 0. The van der Waals surface area contributed by atoms with Crippen LogP contribution in [-0.2, 0) is 6.61 Å². The third kappa shape index (κ3) is 4.20. The summed E-state index contributed by atoms with van der Waals surface area (Å²) < 4.78 is 5.82. The van der Waals surface area contributed by atoms with Crippen LogP contribution in [0, 0.1) is 6.92 Å². The Morgan fingerprint density at radius 3 is 2.48 bits per heavy atom. The second kappa shape index (κ2) is 7.41. The Hall–Kier alpha value is -2.78. The second-order valence-electron chi connectivity index (χ2n) is 5.78. The van der Waals surface area contributed by atoms with E-state index in [1.807, 2.05) is 55.5 Å². The lowest BCUT2D eigenvalue weighted by Crippen LogP contribution is -2.00. The number of aromatic carboxylic acids is 1. The summed E-state index contributed by atoms with van der Waals surface area (Å²) in [6.45, 7) is 2.32. The van der Waals surface area contributed by atoms with Gasteiger partial charge in [-0.05, 0) is 59.5 Å². The van der Waals surface area contributed by atoms with Crippen LogP contribution in [0.4, 0.5) is 0 Å². The van der Waals surface area contributed by atoms with Gasteiger partial charge in [-0.3, -0.25) is 0 Å². The molecule has 0 fully saturated rings. The van der Waals surface area contributed by atoms with Gasteiger partial charge in [-0.25, -0.2) is 4.79 Å². The van der Waals surface area contributed by atoms with Crippen molar-refractivity contribution in [3.05, 3.63) is 88.4 Å². The van der Waals surface area contributed by atoms with Crippen LogP contribution in [0.5, 0.6) is 5.75 Å². The minimum Gasteiger partial charge on any atom is -0.489 e. The predicted molar refractivity (Wildman–Crippen MR) is 99.4 cm³/mol. The topological polar surface area (TPSA) is 46.5 Å². The minimum atomic E-state index is -0.988. The molecule has 0 radical (unpaired) electrons. The van der Waals surface area contributed by atoms with E-state index >= 15 is 0 Å². The maximum Gasteiger partial charge on any atom is 0.335 e. The van der Waals surface area contributed by atoms with Gasteiger partial charge in [-0.1, -0.05) is 48.0 Å². The molecule has 3 aromatic carbocycles. The molecule has 25 heavy (non-hydrogen) atoms. The molecule has 0 aliphatic heterocycles. The zero-order chi connectivity index (χ0) is 17.8. The third-order valence-corrected chi connectivity index (χ3v) is 4.14. The first kappa shape index (κ1) is 17.1. The van der Waals surface area contributed by atoms with E-state index in [-0.39, 0.29) is 5.56 Å². The predicted octanol–water partition coefficient (Wildman–Crippen LogP) is 5.59. The Bertz CT molecular complexity index is 904. The Labute approximate surface area is 151 Å². The number of hydrogen-bond donors (Lipinski definition) is 1. The molecule has 3 aromatic rings. The molecular weight excluding hydrogens is 336 g/mol. The lowest BCUT2D eigenvalue weighted by Gasteiger charge is -2.12. The number of ether oxygens (including phenoxy) is 1. The first-order valence-electron chi connectivity index (χ1n) is 7.84. The van der Waals surface area contributed by atoms with E-state index in [2.05, 4.69) is 0 Å². The lowest BCUT2D eigenvalue weighted by atomic mass is 9.98. The van der Waals surface area contributed by atoms with Crippen LogP contribution in [-0.4, -0.2) is 11.1 Å². The van der Waals surface area contributed by atoms with Crippen molar-refractivity contribution < 1.29 is 14.6 Å². The molecule has 1 N–H and O–H groups in total. The molecule has 0 spiro atoms. The Balaban J connectivity index is 1.96. The molecule has 3 rings (SSSR count). The molecule has 4 heteroatoms. The number of carboxylic acid groups (broad SMARTS) is 1. The third-order valence-electron chi connectivity index (χ3n) is 3.90. The van der Waals surface area contributed by atoms with Crippen molar-refractivity contribution in [1.29, 1.82) is 0 Å². The van der Waals surface area contributed by atoms with Crippen molar-refractivity contribution in [2.75, 3.05) is 0 Å². The molecule has 0 saturated heterocycles. The van der Waals surface area contributed by atoms with Gasteiger partial charge in [0.2, 0.25) is 0 Å². The van der Waals surface area contributed by atoms with E-state index in [1.54, 1.807) is 18.2 Å². The van der Waals surface area contributed by atoms with Crippen molar-refractivity contribution in [3.8, 4) is 16.9 Å². The van der Waals surface area contributed by atoms with Gasteiger partial charge in [0.25, 0.3) is 0 Å². The van der Waals surface area contributed by atoms with Crippen LogP contribution in [0.25, 0.3) is 11.1 Å². The highest BCUT2D eigenvalue weighted by molar-refractivity contribution is 6.30. The maximum atomic E-state index is 11.5. The summed E-state index contributed by atoms with van der Waals surface area (Å²) >= 11 is 6.02. The van der Waals surface area contributed by atoms with Gasteiger partial charge >= 0.3 is 5.97 Å². The van der Waals surface area contributed by atoms with Crippen molar-refractivity contribution in [2.45, 2.75) is 13.5 Å². The highest BCUT2D eigenvalue weighted by Gasteiger charge is 2.11. The Morgan fingerprint density at radius 1 is 1.04 bits per heavy atom. The van der Waals surface area contributed by atoms with Gasteiger partial charge in [-0.15, -0.1) is 0 Å². The minimum absolute atomic E-state index is 0.190. The lowest BCUT2D eigenvalue weighted by molar-refractivity contribution is 0.0696. The van der Waals surface area contributed by atoms with Crippen molar-refractivity contribution in [3.63, 3.8) is 0 Å². The molecule has 0 unspecified atom stereocenters. The van der Waals surface area contributed by atoms with Crippen LogP contribution in [0.1, 0.15) is 21.5 Å². The molecule has 0 aliphatic rings. The van der Waals surface area contributed by atoms with E-state index in [1.165, 1.54) is 0 Å². The van der Waals surface area contributed by atoms with Gasteiger partial charge in [0.15, 0.2) is 0 Å². The highest BCUT2D eigenvalue weighted by Crippen LogP contribution is 2.30. The number of hydrogen-bond acceptors (Lipinski definition) is 2. The fourth-order valence-electron chi connectivity index (χ4n) is 2.65. The highest BCUT2D eigenvalue weighted by atomic mass is 35.5. The Morgan fingerprint density at radius 2 is 1.80 bits per heavy atom. The summed E-state index contributed by atoms with van der Waals surface area (Å²) in [5, 5.41) is 10.1. The summed E-state index contributed by atoms with van der Waals surface area (Å²) in [6, 6.07) is 20.3. The molecule has 0 atom stereocenters. The average molecular weight is 353 g/mol. The van der Waals surface area contributed by atoms with Gasteiger partial charge in [-0.2, -0.15) is 0 Å². The number of aryl methyl sites for hydroxylation is 1. The van der Waals surface area contributed by atoms with Crippen molar-refractivity contribution in [2.24, 2.45) is 0 Å². The molecule has 0 bridgehead atoms. The number of carbonyl (C=O) groups is 1. The number of carboxylic acids is 1. The van der Waals surface area contributed by atoms with Gasteiger partial charge in [0.1, 0.15) is 12.4 Å². The molecule has 3 nitrogen and oxygen atoms in total. The maximum absolute atomic E-state index is 11.5. The first-order chi connectivity index (χ1) is 12.0. The number of rotatable bonds is 5. The van der Waals surface area contributed by atoms with Crippen molar-refractivity contribution in [1.82, 2.24) is 0 Å². The van der Waals surface area contributed by atoms with E-state index < -0.39 is 5.97 Å². The SMILES string of the molecule is Cc1cc(Cl)ccc1-c1cc(OCc2ccccc2)cc(C(=O)O)c1. The summed E-state index contributed by atoms with van der Waals surface area (Å²) in [5.41, 5.74) is 3.90. The fourth-order valence-corrected chi connectivity index (χ4v) is 2.88. The van der Waals surface area contributed by atoms with Crippen LogP contribution < -0.4 is 4.74 Å². The fraction of sp³-hybridized carbons (Fsp3) is 0.0952. The summed E-state index contributed by atoms with van der Waals surface area (Å²) in [7, 11) is 0. The van der Waals surface area contributed by atoms with Crippen LogP contribution in [0.15, 0.2) is 66.7 Å². The smallest absolute Gasteiger partial charge is 0.335 e. The number of halogens is 1. The molecule has 0 heterocycles. The second-order valence-corrected chi connectivity index (χ2v) is 6.22. The van der Waals surface area contributed by atoms with E-state index in [4.69, 9.17) is 16.3 Å². The van der Waals surface area contributed by atoms with Crippen LogP contribution in [0.2, 0.25) is 5.02 Å². The van der Waals surface area contributed by atoms with E-state index in [0.29, 0.717) is 17.4 Å². The monoisotopic (exact) mass is 352 g/mol.